The summed E-state index contributed by atoms with van der Waals surface area (Å²) in [7, 11) is 10.5. The summed E-state index contributed by atoms with van der Waals surface area (Å²) in [4.78, 5) is 83.8. The van der Waals surface area contributed by atoms with Crippen molar-refractivity contribution >= 4 is 52.7 Å². The van der Waals surface area contributed by atoms with Gasteiger partial charge in [0.1, 0.15) is 35.2 Å². The molecule has 1 aliphatic rings. The van der Waals surface area contributed by atoms with Crippen LogP contribution in [0, 0.1) is 11.7 Å². The van der Waals surface area contributed by atoms with E-state index in [0.717, 1.165) is 22.6 Å². The lowest BCUT2D eigenvalue weighted by Crippen LogP contribution is -2.58. The van der Waals surface area contributed by atoms with E-state index in [4.69, 9.17) is 32.7 Å². The molecule has 5 atom stereocenters. The summed E-state index contributed by atoms with van der Waals surface area (Å²) in [5, 5.41) is 6.06. The van der Waals surface area contributed by atoms with Crippen LogP contribution in [-0.2, 0) is 61.7 Å². The molecule has 0 spiro atoms. The Bertz CT molecular complexity index is 2690. The molecule has 0 saturated carbocycles. The Balaban J connectivity index is 1.38. The molecule has 0 unspecified atom stereocenters. The summed E-state index contributed by atoms with van der Waals surface area (Å²) < 4.78 is 28.7. The number of halogens is 3. The van der Waals surface area contributed by atoms with Crippen LogP contribution in [0.4, 0.5) is 4.39 Å². The lowest BCUT2D eigenvalue weighted by molar-refractivity contribution is -0.147. The monoisotopic (exact) mass is 1030 g/mol. The molecule has 5 amide bonds. The second kappa shape index (κ2) is 25.4. The van der Waals surface area contributed by atoms with Crippen LogP contribution in [0.2, 0.25) is 10.0 Å². The number of likely N-dealkylation sites (N-methyl/N-ethyl adjacent to an activating group) is 2. The molecule has 4 aromatic carbocycles. The van der Waals surface area contributed by atoms with Gasteiger partial charge in [-0.15, -0.1) is 0 Å². The Morgan fingerprint density at radius 1 is 0.847 bits per heavy atom. The van der Waals surface area contributed by atoms with Gasteiger partial charge >= 0.3 is 0 Å². The molecule has 0 bridgehead atoms. The van der Waals surface area contributed by atoms with Crippen molar-refractivity contribution in [1.82, 2.24) is 39.8 Å². The van der Waals surface area contributed by atoms with Crippen molar-refractivity contribution in [1.29, 1.82) is 0 Å². The number of methoxy groups -OCH3 is 1. The second-order valence-corrected chi connectivity index (χ2v) is 19.5. The maximum atomic E-state index is 15.2. The number of carbonyl (C=O) groups excluding carboxylic acids is 5. The minimum absolute atomic E-state index is 0.0581. The van der Waals surface area contributed by atoms with Crippen LogP contribution < -0.4 is 15.4 Å². The van der Waals surface area contributed by atoms with Crippen LogP contribution in [0.25, 0.3) is 11.3 Å². The number of nitrogens with zero attached hydrogens (tertiary/aromatic N) is 6. The second-order valence-electron chi connectivity index (χ2n) is 18.6. The quantitative estimate of drug-likeness (QED) is 0.116. The highest BCUT2D eigenvalue weighted by molar-refractivity contribution is 6.31. The van der Waals surface area contributed by atoms with Crippen molar-refractivity contribution in [3.05, 3.63) is 136 Å². The number of amides is 5. The summed E-state index contributed by atoms with van der Waals surface area (Å²) >= 11 is 12.6. The third kappa shape index (κ3) is 14.2. The van der Waals surface area contributed by atoms with Gasteiger partial charge < -0.3 is 44.3 Å². The van der Waals surface area contributed by atoms with E-state index in [1.807, 2.05) is 91.4 Å². The molecule has 1 saturated heterocycles. The van der Waals surface area contributed by atoms with Crippen molar-refractivity contribution in [3.63, 3.8) is 0 Å². The maximum absolute atomic E-state index is 15.2. The fourth-order valence-corrected chi connectivity index (χ4v) is 9.09. The number of carbonyl (C=O) groups is 5. The van der Waals surface area contributed by atoms with Gasteiger partial charge in [-0.25, -0.2) is 9.37 Å². The highest BCUT2D eigenvalue weighted by Crippen LogP contribution is 2.33. The first-order valence-corrected chi connectivity index (χ1v) is 24.7. The molecule has 18 heteroatoms. The van der Waals surface area contributed by atoms with Crippen LogP contribution in [0.1, 0.15) is 55.6 Å². The van der Waals surface area contributed by atoms with Crippen molar-refractivity contribution in [2.45, 2.75) is 83.2 Å². The minimum Gasteiger partial charge on any atom is -0.457 e. The van der Waals surface area contributed by atoms with Crippen molar-refractivity contribution in [2.75, 3.05) is 48.5 Å². The Hall–Kier alpha value is -6.33. The van der Waals surface area contributed by atoms with Crippen LogP contribution >= 0.6 is 23.2 Å². The molecular weight excluding hydrogens is 963 g/mol. The SMILES string of the molecule is CC[C@H]1C(=O)N[C@@H](COC)C(=O)N(C)[C@@H](Cc2ccc(Cl)c(F)c2)CC(=O)NC[C@H](C)N(C)C(=O)[C@H](Cc2ccccc2)CC(=O)N1Cc1ccc(Cl)cc1Oc1ccc(-c2cnc(CN(C)C)n2C)cc1. The molecule has 0 radical (unpaired) electrons. The molecule has 1 fully saturated rings. The molecule has 1 aromatic heterocycles. The molecule has 15 nitrogen and oxygen atoms in total. The Morgan fingerprint density at radius 3 is 2.24 bits per heavy atom. The summed E-state index contributed by atoms with van der Waals surface area (Å²) in [6, 6.07) is 22.4. The zero-order valence-corrected chi connectivity index (χ0v) is 43.7. The van der Waals surface area contributed by atoms with Gasteiger partial charge in [0, 0.05) is 75.9 Å². The average molecular weight is 1030 g/mol. The molecular formula is C54H65Cl2FN8O7. The molecule has 0 aliphatic carbocycles. The van der Waals surface area contributed by atoms with Crippen LogP contribution in [0.5, 0.6) is 11.5 Å². The molecule has 384 valence electrons. The summed E-state index contributed by atoms with van der Waals surface area (Å²) in [6.45, 7) is 3.88. The predicted molar refractivity (Wildman–Crippen MR) is 276 cm³/mol. The number of benzene rings is 4. The van der Waals surface area contributed by atoms with E-state index in [1.54, 1.807) is 45.2 Å². The standard InChI is InChI=1S/C54H65Cl2FN8O7/c1-9-46-52(68)60-45(33-71-8)54(70)63(6)41(24-36-15-22-43(56)44(57)25-36)28-50(66)59-29-34(2)62(5)53(69)39(23-35-13-11-10-12-14-35)26-51(67)65(46)31-38-16-19-40(55)27-48(38)72-42-20-17-37(18-21-42)47-30-58-49(64(47)7)32-61(3)4/h10-22,25,27,30,34,39,41,45-46H,9,23-24,26,28-29,31-33H2,1-8H3,(H,59,66)(H,60,68)/t34-,39+,41-,45-,46-/m0/s1. The summed E-state index contributed by atoms with van der Waals surface area (Å²) in [5.41, 5.74) is 3.67. The van der Waals surface area contributed by atoms with Gasteiger partial charge in [0.25, 0.3) is 0 Å². The number of aromatic nitrogens is 2. The molecule has 6 rings (SSSR count). The Kier molecular flexibility index (Phi) is 19.4. The predicted octanol–water partition coefficient (Wildman–Crippen LogP) is 7.31. The lowest BCUT2D eigenvalue weighted by atomic mass is 9.93. The summed E-state index contributed by atoms with van der Waals surface area (Å²) in [5.74, 6) is -2.30. The lowest BCUT2D eigenvalue weighted by Gasteiger charge is -2.36. The number of imidazole rings is 1. The smallest absolute Gasteiger partial charge is 0.247 e. The average Bonchev–Trinajstić information content (AvgIpc) is 3.71. The highest BCUT2D eigenvalue weighted by Gasteiger charge is 2.37. The first-order chi connectivity index (χ1) is 34.4. The van der Waals surface area contributed by atoms with Gasteiger partial charge in [-0.3, -0.25) is 24.0 Å². The Morgan fingerprint density at radius 2 is 1.57 bits per heavy atom. The zero-order valence-electron chi connectivity index (χ0n) is 42.2. The normalized spacial score (nSPS) is 20.1. The summed E-state index contributed by atoms with van der Waals surface area (Å²) in [6.07, 6.45) is 1.72. The van der Waals surface area contributed by atoms with Crippen molar-refractivity contribution in [3.8, 4) is 22.8 Å². The van der Waals surface area contributed by atoms with E-state index in [1.165, 1.54) is 41.0 Å². The van der Waals surface area contributed by atoms with E-state index < -0.39 is 59.5 Å². The highest BCUT2D eigenvalue weighted by atomic mass is 35.5. The minimum atomic E-state index is -1.27. The number of hydrogen-bond donors (Lipinski definition) is 2. The van der Waals surface area contributed by atoms with E-state index >= 15 is 4.79 Å². The molecule has 72 heavy (non-hydrogen) atoms. The number of rotatable bonds is 14. The third-order valence-corrected chi connectivity index (χ3v) is 13.6. The topological polar surface area (TPSA) is 159 Å². The molecule has 5 aromatic rings. The number of nitrogens with one attached hydrogen (secondary N) is 2. The molecule has 2 N–H and O–H groups in total. The molecule has 1 aliphatic heterocycles. The van der Waals surface area contributed by atoms with Crippen molar-refractivity contribution in [2.24, 2.45) is 13.0 Å². The largest absolute Gasteiger partial charge is 0.457 e. The van der Waals surface area contributed by atoms with Gasteiger partial charge in [0.2, 0.25) is 29.5 Å². The maximum Gasteiger partial charge on any atom is 0.247 e. The number of ether oxygens (including phenoxy) is 2. The Labute approximate surface area is 431 Å². The van der Waals surface area contributed by atoms with E-state index in [-0.39, 0.29) is 62.7 Å². The van der Waals surface area contributed by atoms with Gasteiger partial charge in [-0.1, -0.05) is 72.6 Å². The van der Waals surface area contributed by atoms with Crippen LogP contribution in [-0.4, -0.2) is 131 Å². The molecule has 2 heterocycles. The van der Waals surface area contributed by atoms with E-state index in [9.17, 15) is 23.6 Å². The van der Waals surface area contributed by atoms with Gasteiger partial charge in [0.15, 0.2) is 0 Å². The van der Waals surface area contributed by atoms with E-state index in [2.05, 4.69) is 15.6 Å². The van der Waals surface area contributed by atoms with Gasteiger partial charge in [0.05, 0.1) is 42.5 Å². The first kappa shape index (κ1) is 55.0. The first-order valence-electron chi connectivity index (χ1n) is 24.0. The zero-order chi connectivity index (χ0) is 52.2. The van der Waals surface area contributed by atoms with E-state index in [0.29, 0.717) is 34.2 Å². The third-order valence-electron chi connectivity index (χ3n) is 13.1. The van der Waals surface area contributed by atoms with Crippen LogP contribution in [0.3, 0.4) is 0 Å². The van der Waals surface area contributed by atoms with Crippen molar-refractivity contribution < 1.29 is 37.8 Å². The van der Waals surface area contributed by atoms with Gasteiger partial charge in [-0.05, 0) is 99.9 Å². The number of hydrogen-bond acceptors (Lipinski definition) is 9. The fourth-order valence-electron chi connectivity index (χ4n) is 8.81. The van der Waals surface area contributed by atoms with Gasteiger partial charge in [-0.2, -0.15) is 0 Å². The fraction of sp³-hybridized carbons (Fsp3) is 0.407. The van der Waals surface area contributed by atoms with Crippen LogP contribution in [0.15, 0.2) is 97.2 Å².